The van der Waals surface area contributed by atoms with Crippen molar-refractivity contribution in [2.45, 2.75) is 91.4 Å². The van der Waals surface area contributed by atoms with E-state index in [9.17, 15) is 14.4 Å². The maximum Gasteiger partial charge on any atom is 0.356 e. The van der Waals surface area contributed by atoms with Gasteiger partial charge in [0, 0.05) is 41.9 Å². The Morgan fingerprint density at radius 1 is 0.712 bits per heavy atom. The largest absolute Gasteiger partial charge is 0.496 e. The van der Waals surface area contributed by atoms with E-state index in [2.05, 4.69) is 69.0 Å². The number of methoxy groups -OCH3 is 1. The van der Waals surface area contributed by atoms with Gasteiger partial charge in [-0.25, -0.2) is 0 Å². The molecule has 5 nitrogen and oxygen atoms in total. The maximum atomic E-state index is 12.0. The summed E-state index contributed by atoms with van der Waals surface area (Å²) in [5, 5.41) is 0.0122. The lowest BCUT2D eigenvalue weighted by Crippen LogP contribution is -2.11. The molecular weight excluding hydrogens is 724 g/mol. The summed E-state index contributed by atoms with van der Waals surface area (Å²) in [4.78, 5) is 26.0. The molecule has 0 spiro atoms. The third-order valence-electron chi connectivity index (χ3n) is 9.25. The minimum absolute atomic E-state index is 0.0122. The molecule has 5 aromatic rings. The topological polar surface area (TPSA) is 76.0 Å². The molecule has 3 heterocycles. The summed E-state index contributed by atoms with van der Waals surface area (Å²) in [5.41, 5.74) is 2.69. The lowest BCUT2D eigenvalue weighted by atomic mass is 10.0. The minimum Gasteiger partial charge on any atom is -0.496 e. The number of rotatable bonds is 19. The van der Waals surface area contributed by atoms with E-state index in [0.29, 0.717) is 12.5 Å². The van der Waals surface area contributed by atoms with E-state index in [4.69, 9.17) is 9.47 Å². The van der Waals surface area contributed by atoms with Gasteiger partial charge in [-0.3, -0.25) is 4.57 Å². The molecule has 0 aliphatic heterocycles. The van der Waals surface area contributed by atoms with E-state index in [1.54, 1.807) is 53.3 Å². The van der Waals surface area contributed by atoms with Crippen LogP contribution in [0.1, 0.15) is 96.3 Å². The zero-order chi connectivity index (χ0) is 36.9. The van der Waals surface area contributed by atoms with Crippen LogP contribution in [0.5, 0.6) is 11.5 Å². The predicted octanol–water partition coefficient (Wildman–Crippen LogP) is 13.0. The van der Waals surface area contributed by atoms with Crippen LogP contribution in [0.3, 0.4) is 0 Å². The molecule has 2 N–H and O–H groups in total. The van der Waals surface area contributed by atoms with E-state index in [0.717, 1.165) is 73.4 Å². The van der Waals surface area contributed by atoms with Gasteiger partial charge in [0.25, 0.3) is 0 Å². The van der Waals surface area contributed by atoms with Crippen molar-refractivity contribution in [3.63, 3.8) is 0 Å². The van der Waals surface area contributed by atoms with E-state index in [1.807, 2.05) is 18.2 Å². The minimum atomic E-state index is -4.36. The van der Waals surface area contributed by atoms with Crippen molar-refractivity contribution in [1.82, 2.24) is 0 Å². The molecule has 0 aliphatic rings. The first-order chi connectivity index (χ1) is 25.2. The van der Waals surface area contributed by atoms with Crippen molar-refractivity contribution in [2.75, 3.05) is 13.7 Å². The van der Waals surface area contributed by atoms with Gasteiger partial charge in [-0.1, -0.05) is 96.1 Å². The molecule has 0 bridgehead atoms. The molecule has 0 fully saturated rings. The van der Waals surface area contributed by atoms with E-state index in [1.165, 1.54) is 60.8 Å². The average molecular weight is 775 g/mol. The quantitative estimate of drug-likeness (QED) is 0.0496. The number of thiophene rings is 3. The van der Waals surface area contributed by atoms with Crippen LogP contribution in [0, 0.1) is 17.8 Å². The Labute approximate surface area is 322 Å². The summed E-state index contributed by atoms with van der Waals surface area (Å²) < 4.78 is 24.7. The number of hydrogen-bond acceptors (Lipinski definition) is 6. The molecule has 0 saturated carbocycles. The van der Waals surface area contributed by atoms with Gasteiger partial charge in [0.05, 0.1) is 23.9 Å². The van der Waals surface area contributed by atoms with Gasteiger partial charge in [0.2, 0.25) is 0 Å². The highest BCUT2D eigenvalue weighted by molar-refractivity contribution is 7.60. The van der Waals surface area contributed by atoms with Gasteiger partial charge < -0.3 is 19.3 Å². The van der Waals surface area contributed by atoms with Crippen molar-refractivity contribution in [2.24, 2.45) is 5.92 Å². The van der Waals surface area contributed by atoms with Gasteiger partial charge in [-0.2, -0.15) is 0 Å². The molecule has 276 valence electrons. The fraction of sp³-hybridized carbons (Fsp3) is 0.395. The normalized spacial score (nSPS) is 12.0. The molecule has 5 rings (SSSR count). The number of unbranched alkanes of at least 4 members (excludes halogenated alkanes) is 7. The molecule has 9 heteroatoms. The Balaban J connectivity index is 1.42. The van der Waals surface area contributed by atoms with Crippen LogP contribution in [0.25, 0.3) is 41.1 Å². The fourth-order valence-corrected chi connectivity index (χ4v) is 9.72. The van der Waals surface area contributed by atoms with Crippen molar-refractivity contribution in [3.8, 4) is 64.4 Å². The average Bonchev–Trinajstić information content (AvgIpc) is 3.94. The second kappa shape index (κ2) is 19.8. The van der Waals surface area contributed by atoms with E-state index in [-0.39, 0.29) is 5.30 Å². The van der Waals surface area contributed by atoms with Crippen molar-refractivity contribution in [1.29, 1.82) is 0 Å². The maximum absolute atomic E-state index is 12.0. The second-order valence-electron chi connectivity index (χ2n) is 13.2. The Kier molecular flexibility index (Phi) is 15.2. The Morgan fingerprint density at radius 2 is 1.35 bits per heavy atom. The molecule has 0 saturated heterocycles. The number of ether oxygens (including phenoxy) is 2. The van der Waals surface area contributed by atoms with Crippen molar-refractivity contribution >= 4 is 46.9 Å². The smallest absolute Gasteiger partial charge is 0.356 e. The SMILES string of the molecule is CCCCCCCCC#Cc1ccc(-c2ccc(-c3cc(OCC(CC)CCCC)c(-c4ccc(-c5cccc(P(=O)(O)O)c5)s4)cc3OC)s2)s1. The Morgan fingerprint density at radius 3 is 2.08 bits per heavy atom. The predicted molar refractivity (Wildman–Crippen MR) is 224 cm³/mol. The van der Waals surface area contributed by atoms with Gasteiger partial charge in [-0.15, -0.1) is 34.0 Å². The summed E-state index contributed by atoms with van der Waals surface area (Å²) in [6, 6.07) is 23.5. The monoisotopic (exact) mass is 774 g/mol. The van der Waals surface area contributed by atoms with Crippen LogP contribution < -0.4 is 14.8 Å². The summed E-state index contributed by atoms with van der Waals surface area (Å²) in [5.74, 6) is 8.80. The molecule has 0 amide bonds. The van der Waals surface area contributed by atoms with Crippen molar-refractivity contribution < 1.29 is 23.8 Å². The zero-order valence-corrected chi connectivity index (χ0v) is 34.1. The van der Waals surface area contributed by atoms with Gasteiger partial charge in [-0.05, 0) is 85.0 Å². The van der Waals surface area contributed by atoms with Gasteiger partial charge in [0.1, 0.15) is 11.5 Å². The summed E-state index contributed by atoms with van der Waals surface area (Å²) in [7, 11) is -2.66. The molecule has 52 heavy (non-hydrogen) atoms. The third kappa shape index (κ3) is 10.9. The van der Waals surface area contributed by atoms with Crippen LogP contribution in [-0.2, 0) is 4.57 Å². The number of hydrogen-bond donors (Lipinski definition) is 2. The highest BCUT2D eigenvalue weighted by Gasteiger charge is 2.21. The van der Waals surface area contributed by atoms with Crippen LogP contribution >= 0.6 is 41.6 Å². The highest BCUT2D eigenvalue weighted by atomic mass is 32.1. The van der Waals surface area contributed by atoms with Gasteiger partial charge >= 0.3 is 7.60 Å². The summed E-state index contributed by atoms with van der Waals surface area (Å²) >= 11 is 5.06. The Hall–Kier alpha value is -3.15. The molecule has 0 aliphatic carbocycles. The van der Waals surface area contributed by atoms with Gasteiger partial charge in [0.15, 0.2) is 0 Å². The van der Waals surface area contributed by atoms with E-state index < -0.39 is 7.60 Å². The highest BCUT2D eigenvalue weighted by Crippen LogP contribution is 2.47. The Bertz CT molecular complexity index is 1990. The van der Waals surface area contributed by atoms with Crippen LogP contribution in [-0.4, -0.2) is 23.5 Å². The molecule has 1 unspecified atom stereocenters. The molecule has 2 aromatic carbocycles. The second-order valence-corrected chi connectivity index (χ2v) is 18.0. The first kappa shape index (κ1) is 40.0. The standard InChI is InChI=1S/C43H51O5PS3/c1-5-8-10-11-12-13-14-15-20-34-21-22-42(50-34)43-26-25-40(52-43)35-29-38(48-30-31(7-3)17-9-6-2)36(28-37(35)47-4)41-24-23-39(51-41)32-18-16-19-33(27-32)49(44,45)46/h16,18-19,21-29,31H,5-14,17,30H2,1-4H3,(H2,44,45,46). The summed E-state index contributed by atoms with van der Waals surface area (Å²) in [6.07, 6.45) is 13.2. The number of benzene rings is 2. The van der Waals surface area contributed by atoms with Crippen LogP contribution in [0.15, 0.2) is 72.8 Å². The molecule has 1 atom stereocenters. The van der Waals surface area contributed by atoms with Crippen LogP contribution in [0.4, 0.5) is 0 Å². The first-order valence-electron chi connectivity index (χ1n) is 18.5. The lowest BCUT2D eigenvalue weighted by Gasteiger charge is -2.19. The van der Waals surface area contributed by atoms with E-state index >= 15 is 0 Å². The summed E-state index contributed by atoms with van der Waals surface area (Å²) in [6.45, 7) is 7.33. The first-order valence-corrected chi connectivity index (χ1v) is 22.6. The fourth-order valence-electron chi connectivity index (χ4n) is 6.11. The zero-order valence-electron chi connectivity index (χ0n) is 30.8. The molecule has 0 radical (unpaired) electrons. The molecular formula is C43H51O5PS3. The lowest BCUT2D eigenvalue weighted by molar-refractivity contribution is 0.234. The third-order valence-corrected chi connectivity index (χ3v) is 13.7. The molecule has 3 aromatic heterocycles. The van der Waals surface area contributed by atoms with Crippen molar-refractivity contribution in [3.05, 3.63) is 77.7 Å². The van der Waals surface area contributed by atoms with Crippen LogP contribution in [0.2, 0.25) is 0 Å².